The maximum Gasteiger partial charge on any atom is 0.238 e. The van der Waals surface area contributed by atoms with E-state index in [1.54, 1.807) is 4.90 Å². The summed E-state index contributed by atoms with van der Waals surface area (Å²) in [4.78, 5) is 13.9. The number of halogens is 1. The van der Waals surface area contributed by atoms with Gasteiger partial charge < -0.3 is 10.6 Å². The van der Waals surface area contributed by atoms with Gasteiger partial charge in [0.25, 0.3) is 0 Å². The molecule has 0 radical (unpaired) electrons. The third kappa shape index (κ3) is 3.81. The van der Waals surface area contributed by atoms with Gasteiger partial charge in [0, 0.05) is 25.7 Å². The van der Waals surface area contributed by atoms with Crippen LogP contribution >= 0.6 is 12.4 Å². The number of piperidine rings is 1. The Bertz CT molecular complexity index is 415. The lowest BCUT2D eigenvalue weighted by Crippen LogP contribution is -2.50. The zero-order chi connectivity index (χ0) is 13.2. The van der Waals surface area contributed by atoms with Crippen LogP contribution in [-0.2, 0) is 14.8 Å². The molecule has 0 aromatic heterocycles. The van der Waals surface area contributed by atoms with Crippen molar-refractivity contribution < 1.29 is 13.2 Å². The largest absolute Gasteiger partial charge is 0.337 e. The molecule has 1 atom stereocenters. The fourth-order valence-electron chi connectivity index (χ4n) is 2.68. The number of nitrogens with zero attached hydrogens (tertiary/aromatic N) is 2. The molecule has 0 aromatic rings. The van der Waals surface area contributed by atoms with Gasteiger partial charge in [-0.15, -0.1) is 12.4 Å². The molecule has 0 bridgehead atoms. The van der Waals surface area contributed by atoms with Crippen LogP contribution < -0.4 is 5.73 Å². The Kier molecular flexibility index (Phi) is 6.04. The number of hydrogen-bond donors (Lipinski definition) is 1. The first-order valence-electron chi connectivity index (χ1n) is 6.52. The summed E-state index contributed by atoms with van der Waals surface area (Å²) in [7, 11) is -3.19. The summed E-state index contributed by atoms with van der Waals surface area (Å²) in [6.45, 7) is 1.61. The van der Waals surface area contributed by atoms with Crippen LogP contribution in [0.5, 0.6) is 0 Å². The highest BCUT2D eigenvalue weighted by Crippen LogP contribution is 2.18. The fraction of sp³-hybridized carbons (Fsp3) is 0.909. The number of likely N-dealkylation sites (tertiary alicyclic amines) is 1. The highest BCUT2D eigenvalue weighted by atomic mass is 35.5. The molecule has 2 saturated heterocycles. The van der Waals surface area contributed by atoms with Crippen LogP contribution in [0.25, 0.3) is 0 Å². The topological polar surface area (TPSA) is 83.7 Å². The Morgan fingerprint density at radius 2 is 1.95 bits per heavy atom. The molecule has 112 valence electrons. The van der Waals surface area contributed by atoms with Crippen molar-refractivity contribution in [3.63, 3.8) is 0 Å². The summed E-state index contributed by atoms with van der Waals surface area (Å²) in [5, 5.41) is 0. The molecule has 2 aliphatic heterocycles. The lowest BCUT2D eigenvalue weighted by atomic mass is 10.0. The second-order valence-electron chi connectivity index (χ2n) is 4.98. The Hall–Kier alpha value is -0.370. The molecule has 0 saturated carbocycles. The van der Waals surface area contributed by atoms with Crippen molar-refractivity contribution in [2.24, 2.45) is 5.73 Å². The van der Waals surface area contributed by atoms with Crippen molar-refractivity contribution in [2.75, 3.05) is 31.9 Å². The molecule has 6 nitrogen and oxygen atoms in total. The molecule has 2 fully saturated rings. The highest BCUT2D eigenvalue weighted by Gasteiger charge is 2.33. The lowest BCUT2D eigenvalue weighted by Gasteiger charge is -2.35. The van der Waals surface area contributed by atoms with E-state index in [1.807, 2.05) is 0 Å². The van der Waals surface area contributed by atoms with Crippen LogP contribution in [0.1, 0.15) is 25.7 Å². The van der Waals surface area contributed by atoms with E-state index in [0.717, 1.165) is 19.3 Å². The zero-order valence-corrected chi connectivity index (χ0v) is 12.6. The Morgan fingerprint density at radius 3 is 2.53 bits per heavy atom. The average molecular weight is 312 g/mol. The minimum Gasteiger partial charge on any atom is -0.337 e. The third-order valence-corrected chi connectivity index (χ3v) is 5.64. The van der Waals surface area contributed by atoms with Crippen LogP contribution in [0.3, 0.4) is 0 Å². The van der Waals surface area contributed by atoms with Crippen LogP contribution in [0, 0.1) is 0 Å². The molecule has 0 aromatic carbocycles. The lowest BCUT2D eigenvalue weighted by molar-refractivity contribution is -0.134. The molecule has 8 heteroatoms. The van der Waals surface area contributed by atoms with Crippen molar-refractivity contribution in [1.29, 1.82) is 0 Å². The molecular weight excluding hydrogens is 290 g/mol. The minimum absolute atomic E-state index is 0. The molecule has 0 aliphatic carbocycles. The first kappa shape index (κ1) is 16.7. The van der Waals surface area contributed by atoms with Gasteiger partial charge in [0.2, 0.25) is 15.9 Å². The SMILES string of the molecule is Cl.NCC1CCCCN1C(=O)CN1CCCS1(=O)=O. The van der Waals surface area contributed by atoms with E-state index in [4.69, 9.17) is 5.73 Å². The van der Waals surface area contributed by atoms with E-state index in [1.165, 1.54) is 4.31 Å². The predicted octanol–water partition coefficient (Wildman–Crippen LogP) is -0.216. The van der Waals surface area contributed by atoms with Gasteiger partial charge >= 0.3 is 0 Å². The van der Waals surface area contributed by atoms with Crippen molar-refractivity contribution in [3.8, 4) is 0 Å². The first-order chi connectivity index (χ1) is 8.54. The predicted molar refractivity (Wildman–Crippen MR) is 75.6 cm³/mol. The number of nitrogens with two attached hydrogens (primary N) is 1. The molecule has 1 amide bonds. The number of amides is 1. The van der Waals surface area contributed by atoms with Crippen LogP contribution in [0.4, 0.5) is 0 Å². The Balaban J connectivity index is 0.00000180. The summed E-state index contributed by atoms with van der Waals surface area (Å²) in [5.74, 6) is 0.0660. The van der Waals surface area contributed by atoms with Crippen molar-refractivity contribution in [1.82, 2.24) is 9.21 Å². The third-order valence-electron chi connectivity index (χ3n) is 3.73. The maximum absolute atomic E-state index is 12.2. The molecule has 0 spiro atoms. The Morgan fingerprint density at radius 1 is 1.21 bits per heavy atom. The molecule has 2 N–H and O–H groups in total. The molecule has 1 unspecified atom stereocenters. The number of carbonyl (C=O) groups is 1. The van der Waals surface area contributed by atoms with Gasteiger partial charge in [-0.1, -0.05) is 0 Å². The second-order valence-corrected chi connectivity index (χ2v) is 7.06. The zero-order valence-electron chi connectivity index (χ0n) is 11.0. The Labute approximate surface area is 120 Å². The van der Waals surface area contributed by atoms with Gasteiger partial charge in [-0.2, -0.15) is 4.31 Å². The first-order valence-corrected chi connectivity index (χ1v) is 8.13. The van der Waals surface area contributed by atoms with Crippen LogP contribution in [-0.4, -0.2) is 61.5 Å². The molecule has 2 heterocycles. The maximum atomic E-state index is 12.2. The standard InChI is InChI=1S/C11H21N3O3S.ClH/c12-8-10-4-1-2-6-14(10)11(15)9-13-5-3-7-18(13,16)17;/h10H,1-9,12H2;1H. The van der Waals surface area contributed by atoms with Crippen molar-refractivity contribution in [2.45, 2.75) is 31.7 Å². The monoisotopic (exact) mass is 311 g/mol. The van der Waals surface area contributed by atoms with Gasteiger partial charge in [-0.05, 0) is 25.7 Å². The molecule has 2 rings (SSSR count). The van der Waals surface area contributed by atoms with E-state index < -0.39 is 10.0 Å². The summed E-state index contributed by atoms with van der Waals surface area (Å²) < 4.78 is 24.6. The van der Waals surface area contributed by atoms with E-state index in [-0.39, 0.29) is 36.7 Å². The highest BCUT2D eigenvalue weighted by molar-refractivity contribution is 7.89. The quantitative estimate of drug-likeness (QED) is 0.781. The number of hydrogen-bond acceptors (Lipinski definition) is 4. The summed E-state index contributed by atoms with van der Waals surface area (Å²) in [6, 6.07) is 0.0801. The molecular formula is C11H22ClN3O3S. The van der Waals surface area contributed by atoms with Crippen LogP contribution in [0.15, 0.2) is 0 Å². The average Bonchev–Trinajstić information content (AvgIpc) is 2.68. The van der Waals surface area contributed by atoms with E-state index >= 15 is 0 Å². The van der Waals surface area contributed by atoms with E-state index in [0.29, 0.717) is 26.1 Å². The van der Waals surface area contributed by atoms with Gasteiger partial charge in [0.15, 0.2) is 0 Å². The summed E-state index contributed by atoms with van der Waals surface area (Å²) in [6.07, 6.45) is 3.62. The van der Waals surface area contributed by atoms with Crippen molar-refractivity contribution in [3.05, 3.63) is 0 Å². The molecule has 19 heavy (non-hydrogen) atoms. The van der Waals surface area contributed by atoms with Gasteiger partial charge in [0.1, 0.15) is 0 Å². The van der Waals surface area contributed by atoms with Gasteiger partial charge in [-0.25, -0.2) is 8.42 Å². The van der Waals surface area contributed by atoms with E-state index in [2.05, 4.69) is 0 Å². The van der Waals surface area contributed by atoms with Crippen molar-refractivity contribution >= 4 is 28.3 Å². The minimum atomic E-state index is -3.19. The smallest absolute Gasteiger partial charge is 0.238 e. The number of rotatable bonds is 3. The second kappa shape index (κ2) is 6.88. The number of carbonyl (C=O) groups excluding carboxylic acids is 1. The normalized spacial score (nSPS) is 27.0. The van der Waals surface area contributed by atoms with E-state index in [9.17, 15) is 13.2 Å². The van der Waals surface area contributed by atoms with Gasteiger partial charge in [-0.3, -0.25) is 4.79 Å². The molecule has 2 aliphatic rings. The summed E-state index contributed by atoms with van der Waals surface area (Å²) >= 11 is 0. The van der Waals surface area contributed by atoms with Crippen LogP contribution in [0.2, 0.25) is 0 Å². The number of sulfonamides is 1. The summed E-state index contributed by atoms with van der Waals surface area (Å²) in [5.41, 5.74) is 5.67. The van der Waals surface area contributed by atoms with Gasteiger partial charge in [0.05, 0.1) is 12.3 Å². The fourth-order valence-corrected chi connectivity index (χ4v) is 4.15.